The standard InChI is InChI=1S/C6H7N5O3/c12-4(13)3-8-6(14)10-5-7-1-2-9-11-5/h1-2H,3H2,(H,12,13)(H2,7,8,10,11,14). The van der Waals surface area contributed by atoms with E-state index in [2.05, 4.69) is 25.8 Å². The Hall–Kier alpha value is -2.25. The Balaban J connectivity index is 2.38. The number of carbonyl (C=O) groups is 2. The molecule has 1 aromatic rings. The molecule has 1 rings (SSSR count). The van der Waals surface area contributed by atoms with E-state index >= 15 is 0 Å². The molecule has 74 valence electrons. The summed E-state index contributed by atoms with van der Waals surface area (Å²) in [5, 5.41) is 19.4. The van der Waals surface area contributed by atoms with Crippen LogP contribution in [0.1, 0.15) is 0 Å². The van der Waals surface area contributed by atoms with Crippen molar-refractivity contribution in [3.05, 3.63) is 12.4 Å². The molecule has 2 amide bonds. The van der Waals surface area contributed by atoms with E-state index in [1.807, 2.05) is 0 Å². The minimum atomic E-state index is -1.13. The molecule has 0 atom stereocenters. The quantitative estimate of drug-likeness (QED) is 0.576. The van der Waals surface area contributed by atoms with Crippen LogP contribution in [0.2, 0.25) is 0 Å². The first-order valence-electron chi connectivity index (χ1n) is 3.59. The van der Waals surface area contributed by atoms with E-state index < -0.39 is 18.5 Å². The molecule has 0 aliphatic rings. The van der Waals surface area contributed by atoms with Crippen molar-refractivity contribution in [2.75, 3.05) is 11.9 Å². The monoisotopic (exact) mass is 197 g/mol. The molecular weight excluding hydrogens is 190 g/mol. The first-order chi connectivity index (χ1) is 6.68. The molecule has 0 saturated heterocycles. The zero-order valence-electron chi connectivity index (χ0n) is 6.97. The molecule has 0 fully saturated rings. The number of carbonyl (C=O) groups excluding carboxylic acids is 1. The smallest absolute Gasteiger partial charge is 0.323 e. The van der Waals surface area contributed by atoms with Crippen molar-refractivity contribution in [2.24, 2.45) is 0 Å². The maximum atomic E-state index is 10.9. The second-order valence-corrected chi connectivity index (χ2v) is 2.17. The van der Waals surface area contributed by atoms with Gasteiger partial charge in [0.15, 0.2) is 0 Å². The average molecular weight is 197 g/mol. The molecule has 1 aromatic heterocycles. The van der Waals surface area contributed by atoms with Gasteiger partial charge in [0.2, 0.25) is 0 Å². The fourth-order valence-corrected chi connectivity index (χ4v) is 0.606. The van der Waals surface area contributed by atoms with Gasteiger partial charge in [-0.05, 0) is 0 Å². The van der Waals surface area contributed by atoms with Gasteiger partial charge < -0.3 is 10.4 Å². The molecule has 0 saturated carbocycles. The number of aromatic nitrogens is 3. The predicted octanol–water partition coefficient (Wildman–Crippen LogP) is -0.922. The summed E-state index contributed by atoms with van der Waals surface area (Å²) in [5.74, 6) is -1.12. The van der Waals surface area contributed by atoms with Gasteiger partial charge in [0.05, 0.1) is 12.4 Å². The lowest BCUT2D eigenvalue weighted by atomic mass is 10.6. The summed E-state index contributed by atoms with van der Waals surface area (Å²) in [6.07, 6.45) is 2.69. The minimum absolute atomic E-state index is 0.00962. The van der Waals surface area contributed by atoms with Crippen LogP contribution in [0.25, 0.3) is 0 Å². The Morgan fingerprint density at radius 3 is 2.79 bits per heavy atom. The van der Waals surface area contributed by atoms with Crippen molar-refractivity contribution in [1.29, 1.82) is 0 Å². The average Bonchev–Trinajstić information content (AvgIpc) is 2.16. The third-order valence-electron chi connectivity index (χ3n) is 1.11. The molecule has 0 aliphatic heterocycles. The number of amides is 2. The van der Waals surface area contributed by atoms with E-state index in [0.29, 0.717) is 0 Å². The van der Waals surface area contributed by atoms with Crippen molar-refractivity contribution in [2.45, 2.75) is 0 Å². The maximum absolute atomic E-state index is 10.9. The third-order valence-corrected chi connectivity index (χ3v) is 1.11. The number of nitrogens with one attached hydrogen (secondary N) is 2. The highest BCUT2D eigenvalue weighted by Crippen LogP contribution is 1.90. The summed E-state index contributed by atoms with van der Waals surface area (Å²) in [5.41, 5.74) is 0. The SMILES string of the molecule is O=C(O)CNC(=O)Nc1nccnn1. The fraction of sp³-hybridized carbons (Fsp3) is 0.167. The van der Waals surface area contributed by atoms with Gasteiger partial charge in [0.25, 0.3) is 5.95 Å². The summed E-state index contributed by atoms with van der Waals surface area (Å²) in [6, 6.07) is -0.694. The van der Waals surface area contributed by atoms with Crippen LogP contribution >= 0.6 is 0 Å². The Bertz CT molecular complexity index is 327. The highest BCUT2D eigenvalue weighted by Gasteiger charge is 2.04. The lowest BCUT2D eigenvalue weighted by molar-refractivity contribution is -0.135. The highest BCUT2D eigenvalue weighted by molar-refractivity contribution is 5.89. The molecule has 0 spiro atoms. The number of carboxylic acids is 1. The number of carboxylic acid groups (broad SMARTS) is 1. The van der Waals surface area contributed by atoms with Gasteiger partial charge in [-0.2, -0.15) is 5.10 Å². The Morgan fingerprint density at radius 1 is 1.43 bits per heavy atom. The third kappa shape index (κ3) is 3.43. The summed E-state index contributed by atoms with van der Waals surface area (Å²) in [4.78, 5) is 24.6. The van der Waals surface area contributed by atoms with Crippen molar-refractivity contribution in [1.82, 2.24) is 20.5 Å². The van der Waals surface area contributed by atoms with Crippen LogP contribution < -0.4 is 10.6 Å². The molecular formula is C6H7N5O3. The van der Waals surface area contributed by atoms with Gasteiger partial charge >= 0.3 is 12.0 Å². The number of anilines is 1. The summed E-state index contributed by atoms with van der Waals surface area (Å²) in [7, 11) is 0. The molecule has 0 aliphatic carbocycles. The Morgan fingerprint density at radius 2 is 2.21 bits per heavy atom. The number of urea groups is 1. The van der Waals surface area contributed by atoms with Gasteiger partial charge in [0.1, 0.15) is 6.54 Å². The van der Waals surface area contributed by atoms with Crippen LogP contribution in [0.3, 0.4) is 0 Å². The number of rotatable bonds is 3. The second-order valence-electron chi connectivity index (χ2n) is 2.17. The van der Waals surface area contributed by atoms with Crippen molar-refractivity contribution in [3.63, 3.8) is 0 Å². The minimum Gasteiger partial charge on any atom is -0.480 e. The van der Waals surface area contributed by atoms with E-state index in [0.717, 1.165) is 0 Å². The Labute approximate surface area is 78.4 Å². The summed E-state index contributed by atoms with van der Waals surface area (Å²) >= 11 is 0. The molecule has 1 heterocycles. The van der Waals surface area contributed by atoms with E-state index in [4.69, 9.17) is 5.11 Å². The molecule has 3 N–H and O–H groups in total. The first-order valence-corrected chi connectivity index (χ1v) is 3.59. The van der Waals surface area contributed by atoms with Crippen molar-refractivity contribution in [3.8, 4) is 0 Å². The van der Waals surface area contributed by atoms with E-state index in [1.54, 1.807) is 0 Å². The van der Waals surface area contributed by atoms with Crippen LogP contribution in [0.5, 0.6) is 0 Å². The number of hydrogen-bond donors (Lipinski definition) is 3. The molecule has 8 heteroatoms. The molecule has 0 radical (unpaired) electrons. The fourth-order valence-electron chi connectivity index (χ4n) is 0.606. The number of aliphatic carboxylic acids is 1. The van der Waals surface area contributed by atoms with Crippen LogP contribution in [-0.2, 0) is 4.79 Å². The van der Waals surface area contributed by atoms with Gasteiger partial charge in [-0.15, -0.1) is 5.10 Å². The van der Waals surface area contributed by atoms with Crippen molar-refractivity contribution < 1.29 is 14.7 Å². The summed E-state index contributed by atoms with van der Waals surface area (Å²) < 4.78 is 0. The zero-order chi connectivity index (χ0) is 10.4. The van der Waals surface area contributed by atoms with Gasteiger partial charge in [-0.1, -0.05) is 0 Å². The first kappa shape index (κ1) is 9.84. The molecule has 14 heavy (non-hydrogen) atoms. The van der Waals surface area contributed by atoms with Gasteiger partial charge in [-0.25, -0.2) is 9.78 Å². The van der Waals surface area contributed by atoms with Crippen LogP contribution in [-0.4, -0.2) is 38.8 Å². The maximum Gasteiger partial charge on any atom is 0.323 e. The lowest BCUT2D eigenvalue weighted by Gasteiger charge is -2.02. The lowest BCUT2D eigenvalue weighted by Crippen LogP contribution is -2.33. The van der Waals surface area contributed by atoms with E-state index in [1.165, 1.54) is 12.4 Å². The number of hydrogen-bond acceptors (Lipinski definition) is 5. The van der Waals surface area contributed by atoms with Gasteiger partial charge in [0, 0.05) is 0 Å². The van der Waals surface area contributed by atoms with Crippen LogP contribution in [0.4, 0.5) is 10.7 Å². The zero-order valence-corrected chi connectivity index (χ0v) is 6.97. The van der Waals surface area contributed by atoms with E-state index in [-0.39, 0.29) is 5.95 Å². The topological polar surface area (TPSA) is 117 Å². The van der Waals surface area contributed by atoms with Crippen LogP contribution in [0.15, 0.2) is 12.4 Å². The van der Waals surface area contributed by atoms with Crippen LogP contribution in [0, 0.1) is 0 Å². The van der Waals surface area contributed by atoms with E-state index in [9.17, 15) is 9.59 Å². The largest absolute Gasteiger partial charge is 0.480 e. The number of nitrogens with zero attached hydrogens (tertiary/aromatic N) is 3. The summed E-state index contributed by atoms with van der Waals surface area (Å²) in [6.45, 7) is -0.466. The van der Waals surface area contributed by atoms with Gasteiger partial charge in [-0.3, -0.25) is 10.1 Å². The normalized spacial score (nSPS) is 9.14. The molecule has 0 bridgehead atoms. The highest BCUT2D eigenvalue weighted by atomic mass is 16.4. The molecule has 0 unspecified atom stereocenters. The molecule has 0 aromatic carbocycles. The van der Waals surface area contributed by atoms with Crippen molar-refractivity contribution >= 4 is 17.9 Å². The second kappa shape index (κ2) is 4.70. The molecule has 8 nitrogen and oxygen atoms in total. The predicted molar refractivity (Wildman–Crippen MR) is 44.5 cm³/mol. The Kier molecular flexibility index (Phi) is 3.30.